The Kier molecular flexibility index (Phi) is 6.09. The van der Waals surface area contributed by atoms with Crippen molar-refractivity contribution >= 4 is 35.2 Å². The van der Waals surface area contributed by atoms with Crippen molar-refractivity contribution in [1.82, 2.24) is 19.8 Å². The average molecular weight is 426 g/mol. The van der Waals surface area contributed by atoms with Crippen LogP contribution in [0.1, 0.15) is 16.8 Å². The van der Waals surface area contributed by atoms with Gasteiger partial charge in [-0.15, -0.1) is 12.4 Å². The van der Waals surface area contributed by atoms with Gasteiger partial charge in [-0.05, 0) is 29.7 Å². The van der Waals surface area contributed by atoms with Crippen molar-refractivity contribution in [2.75, 3.05) is 37.6 Å². The lowest BCUT2D eigenvalue weighted by atomic mass is 10.1. The zero-order valence-electron chi connectivity index (χ0n) is 17.3. The summed E-state index contributed by atoms with van der Waals surface area (Å²) in [7, 11) is 2.09. The van der Waals surface area contributed by atoms with E-state index >= 15 is 0 Å². The minimum Gasteiger partial charge on any atom is -0.332 e. The summed E-state index contributed by atoms with van der Waals surface area (Å²) < 4.78 is 2.20. The first-order chi connectivity index (χ1) is 14.2. The molecule has 0 radical (unpaired) electrons. The number of nitrogens with one attached hydrogen (secondary N) is 1. The van der Waals surface area contributed by atoms with Crippen molar-refractivity contribution in [1.29, 1.82) is 0 Å². The molecule has 5 rings (SSSR count). The Morgan fingerprint density at radius 3 is 2.73 bits per heavy atom. The van der Waals surface area contributed by atoms with Gasteiger partial charge in [0.05, 0.1) is 6.54 Å². The molecular formula is C23H28ClN5O. The SMILES string of the molecule is Cl.Cn1c2c(c3ccc(N4CCN(CCc5ccccc5)CC4=O)nc31)CNCC2. The van der Waals surface area contributed by atoms with Crippen molar-refractivity contribution in [2.24, 2.45) is 7.05 Å². The van der Waals surface area contributed by atoms with Gasteiger partial charge in [0.1, 0.15) is 11.5 Å². The molecule has 0 spiro atoms. The third kappa shape index (κ3) is 3.83. The summed E-state index contributed by atoms with van der Waals surface area (Å²) in [6, 6.07) is 14.6. The van der Waals surface area contributed by atoms with Gasteiger partial charge in [0.15, 0.2) is 0 Å². The molecule has 4 heterocycles. The largest absolute Gasteiger partial charge is 0.332 e. The zero-order valence-corrected chi connectivity index (χ0v) is 18.1. The quantitative estimate of drug-likeness (QED) is 0.698. The third-order valence-corrected chi connectivity index (χ3v) is 6.23. The van der Waals surface area contributed by atoms with Gasteiger partial charge >= 0.3 is 0 Å². The first kappa shape index (κ1) is 20.8. The highest BCUT2D eigenvalue weighted by atomic mass is 35.5. The van der Waals surface area contributed by atoms with Crippen LogP contribution in [0.4, 0.5) is 5.82 Å². The first-order valence-corrected chi connectivity index (χ1v) is 10.5. The van der Waals surface area contributed by atoms with Gasteiger partial charge in [-0.3, -0.25) is 14.6 Å². The van der Waals surface area contributed by atoms with Gasteiger partial charge in [-0.2, -0.15) is 0 Å². The lowest BCUT2D eigenvalue weighted by Gasteiger charge is -2.33. The predicted octanol–water partition coefficient (Wildman–Crippen LogP) is 2.53. The number of hydrogen-bond donors (Lipinski definition) is 1. The molecule has 2 aliphatic rings. The summed E-state index contributed by atoms with van der Waals surface area (Å²) >= 11 is 0. The van der Waals surface area contributed by atoms with Crippen LogP contribution >= 0.6 is 12.4 Å². The van der Waals surface area contributed by atoms with Gasteiger partial charge in [0.25, 0.3) is 0 Å². The van der Waals surface area contributed by atoms with Crippen LogP contribution in [0.5, 0.6) is 0 Å². The molecule has 0 atom stereocenters. The number of benzene rings is 1. The highest BCUT2D eigenvalue weighted by Gasteiger charge is 2.27. The number of carbonyl (C=O) groups is 1. The van der Waals surface area contributed by atoms with E-state index in [0.29, 0.717) is 13.1 Å². The molecule has 0 aliphatic carbocycles. The fourth-order valence-corrected chi connectivity index (χ4v) is 4.59. The topological polar surface area (TPSA) is 53.4 Å². The summed E-state index contributed by atoms with van der Waals surface area (Å²) in [5, 5.41) is 4.65. The molecule has 1 aromatic carbocycles. The van der Waals surface area contributed by atoms with Crippen LogP contribution < -0.4 is 10.2 Å². The van der Waals surface area contributed by atoms with Gasteiger partial charge in [0.2, 0.25) is 5.91 Å². The van der Waals surface area contributed by atoms with E-state index in [9.17, 15) is 4.79 Å². The van der Waals surface area contributed by atoms with E-state index in [1.165, 1.54) is 22.2 Å². The molecule has 2 aromatic heterocycles. The van der Waals surface area contributed by atoms with E-state index in [4.69, 9.17) is 4.98 Å². The Bertz CT molecular complexity index is 1050. The number of anilines is 1. The maximum Gasteiger partial charge on any atom is 0.242 e. The average Bonchev–Trinajstić information content (AvgIpc) is 3.05. The Morgan fingerprint density at radius 1 is 1.10 bits per heavy atom. The normalized spacial score (nSPS) is 17.1. The fraction of sp³-hybridized carbons (Fsp3) is 0.391. The van der Waals surface area contributed by atoms with E-state index in [0.717, 1.165) is 50.5 Å². The summed E-state index contributed by atoms with van der Waals surface area (Å²) in [5.41, 5.74) is 5.01. The van der Waals surface area contributed by atoms with Gasteiger partial charge in [-0.1, -0.05) is 30.3 Å². The van der Waals surface area contributed by atoms with Crippen LogP contribution in [0.2, 0.25) is 0 Å². The van der Waals surface area contributed by atoms with Crippen LogP contribution in [-0.4, -0.2) is 53.1 Å². The fourth-order valence-electron chi connectivity index (χ4n) is 4.59. The Morgan fingerprint density at radius 2 is 1.93 bits per heavy atom. The maximum absolute atomic E-state index is 12.9. The van der Waals surface area contributed by atoms with Crippen LogP contribution in [0, 0.1) is 0 Å². The molecule has 0 bridgehead atoms. The number of hydrogen-bond acceptors (Lipinski definition) is 4. The van der Waals surface area contributed by atoms with Crippen molar-refractivity contribution in [3.63, 3.8) is 0 Å². The highest BCUT2D eigenvalue weighted by molar-refractivity contribution is 5.96. The Labute approximate surface area is 183 Å². The molecule has 0 saturated carbocycles. The number of carbonyl (C=O) groups excluding carboxylic acids is 1. The summed E-state index contributed by atoms with van der Waals surface area (Å²) in [5.74, 6) is 0.910. The van der Waals surface area contributed by atoms with E-state index in [1.54, 1.807) is 0 Å². The number of pyridine rings is 1. The van der Waals surface area contributed by atoms with Gasteiger partial charge in [0, 0.05) is 57.3 Å². The molecule has 6 nitrogen and oxygen atoms in total. The van der Waals surface area contributed by atoms with Gasteiger partial charge in [-0.25, -0.2) is 4.98 Å². The van der Waals surface area contributed by atoms with E-state index in [1.807, 2.05) is 17.0 Å². The molecule has 158 valence electrons. The number of halogens is 1. The number of rotatable bonds is 4. The predicted molar refractivity (Wildman–Crippen MR) is 122 cm³/mol. The lowest BCUT2D eigenvalue weighted by Crippen LogP contribution is -2.51. The molecule has 2 aliphatic heterocycles. The summed E-state index contributed by atoms with van der Waals surface area (Å²) in [6.45, 7) is 4.84. The second-order valence-corrected chi connectivity index (χ2v) is 8.01. The standard InChI is InChI=1S/C23H27N5O.ClH/c1-26-20-9-11-24-15-19(20)18-7-8-21(25-23(18)26)28-14-13-27(16-22(28)29)12-10-17-5-3-2-4-6-17;/h2-8,24H,9-16H2,1H3;1H. The Hall–Kier alpha value is -2.41. The van der Waals surface area contributed by atoms with Crippen molar-refractivity contribution in [2.45, 2.75) is 19.4 Å². The number of nitrogens with zero attached hydrogens (tertiary/aromatic N) is 4. The second-order valence-electron chi connectivity index (χ2n) is 8.01. The van der Waals surface area contributed by atoms with Crippen molar-refractivity contribution in [3.8, 4) is 0 Å². The lowest BCUT2D eigenvalue weighted by molar-refractivity contribution is -0.121. The molecule has 1 N–H and O–H groups in total. The molecule has 1 fully saturated rings. The number of fused-ring (bicyclic) bond motifs is 3. The van der Waals surface area contributed by atoms with Crippen LogP contribution in [0.15, 0.2) is 42.5 Å². The number of amides is 1. The second kappa shape index (κ2) is 8.76. The number of aromatic nitrogens is 2. The molecule has 0 unspecified atom stereocenters. The minimum absolute atomic E-state index is 0. The van der Waals surface area contributed by atoms with Crippen LogP contribution in [0.3, 0.4) is 0 Å². The third-order valence-electron chi connectivity index (χ3n) is 6.23. The van der Waals surface area contributed by atoms with Crippen molar-refractivity contribution in [3.05, 3.63) is 59.3 Å². The van der Waals surface area contributed by atoms with Crippen LogP contribution in [0.25, 0.3) is 11.0 Å². The zero-order chi connectivity index (χ0) is 19.8. The smallest absolute Gasteiger partial charge is 0.242 e. The molecule has 1 amide bonds. The van der Waals surface area contributed by atoms with Crippen LogP contribution in [-0.2, 0) is 31.2 Å². The summed E-state index contributed by atoms with van der Waals surface area (Å²) in [6.07, 6.45) is 2.00. The van der Waals surface area contributed by atoms with E-state index in [2.05, 4.69) is 52.2 Å². The molecule has 30 heavy (non-hydrogen) atoms. The molecule has 3 aromatic rings. The first-order valence-electron chi connectivity index (χ1n) is 10.5. The number of piperazine rings is 1. The highest BCUT2D eigenvalue weighted by Crippen LogP contribution is 2.29. The van der Waals surface area contributed by atoms with Gasteiger partial charge < -0.3 is 9.88 Å². The summed E-state index contributed by atoms with van der Waals surface area (Å²) in [4.78, 5) is 21.9. The van der Waals surface area contributed by atoms with E-state index < -0.39 is 0 Å². The van der Waals surface area contributed by atoms with Crippen molar-refractivity contribution < 1.29 is 4.79 Å². The Balaban J connectivity index is 0.00000218. The molecular weight excluding hydrogens is 398 g/mol. The number of aryl methyl sites for hydroxylation is 1. The van der Waals surface area contributed by atoms with E-state index in [-0.39, 0.29) is 18.3 Å². The monoisotopic (exact) mass is 425 g/mol. The molecule has 7 heteroatoms. The molecule has 1 saturated heterocycles. The minimum atomic E-state index is 0. The maximum atomic E-state index is 12.9.